The van der Waals surface area contributed by atoms with E-state index in [1.54, 1.807) is 6.07 Å². The highest BCUT2D eigenvalue weighted by Crippen LogP contribution is 2.17. The van der Waals surface area contributed by atoms with Gasteiger partial charge in [-0.05, 0) is 45.1 Å². The van der Waals surface area contributed by atoms with Crippen LogP contribution >= 0.6 is 11.8 Å². The van der Waals surface area contributed by atoms with Crippen molar-refractivity contribution in [1.29, 1.82) is 0 Å². The van der Waals surface area contributed by atoms with Gasteiger partial charge in [0.05, 0.1) is 0 Å². The van der Waals surface area contributed by atoms with Gasteiger partial charge in [0.15, 0.2) is 11.3 Å². The van der Waals surface area contributed by atoms with E-state index in [2.05, 4.69) is 25.3 Å². The van der Waals surface area contributed by atoms with Gasteiger partial charge in [0, 0.05) is 30.2 Å². The van der Waals surface area contributed by atoms with Crippen LogP contribution < -0.4 is 5.32 Å². The lowest BCUT2D eigenvalue weighted by Crippen LogP contribution is -2.30. The first kappa shape index (κ1) is 19.8. The van der Waals surface area contributed by atoms with Crippen LogP contribution in [0.4, 0.5) is 5.95 Å². The van der Waals surface area contributed by atoms with Crippen LogP contribution in [0.1, 0.15) is 30.3 Å². The van der Waals surface area contributed by atoms with Crippen LogP contribution in [-0.2, 0) is 20.7 Å². The molecule has 0 saturated carbocycles. The molecular formula is C17H21N5O3S. The van der Waals surface area contributed by atoms with Crippen LogP contribution in [0.15, 0.2) is 23.6 Å². The fourth-order valence-corrected chi connectivity index (χ4v) is 2.73. The van der Waals surface area contributed by atoms with E-state index >= 15 is 0 Å². The average Bonchev–Trinajstić information content (AvgIpc) is 2.61. The summed E-state index contributed by atoms with van der Waals surface area (Å²) >= 11 is 1.47. The molecule has 1 N–H and O–H groups in total. The number of thioether (sulfide) groups is 1. The summed E-state index contributed by atoms with van der Waals surface area (Å²) in [7, 11) is 0. The molecule has 0 bridgehead atoms. The van der Waals surface area contributed by atoms with Gasteiger partial charge in [-0.1, -0.05) is 11.8 Å². The molecule has 1 atom stereocenters. The van der Waals surface area contributed by atoms with Crippen LogP contribution in [0.2, 0.25) is 0 Å². The maximum absolute atomic E-state index is 12.1. The lowest BCUT2D eigenvalue weighted by atomic mass is 10.1. The minimum absolute atomic E-state index is 0.142. The first-order chi connectivity index (χ1) is 12.4. The monoisotopic (exact) mass is 375 g/mol. The minimum Gasteiger partial charge on any atom is -0.453 e. The van der Waals surface area contributed by atoms with E-state index in [1.165, 1.54) is 31.1 Å². The number of rotatable bonds is 7. The summed E-state index contributed by atoms with van der Waals surface area (Å²) in [4.78, 5) is 40.6. The van der Waals surface area contributed by atoms with Crippen LogP contribution in [-0.4, -0.2) is 44.2 Å². The fourth-order valence-electron chi connectivity index (χ4n) is 2.27. The Morgan fingerprint density at radius 1 is 1.19 bits per heavy atom. The van der Waals surface area contributed by atoms with Crippen LogP contribution in [0.3, 0.4) is 0 Å². The van der Waals surface area contributed by atoms with Gasteiger partial charge >= 0.3 is 5.97 Å². The van der Waals surface area contributed by atoms with Gasteiger partial charge in [0.2, 0.25) is 5.95 Å². The lowest BCUT2D eigenvalue weighted by molar-refractivity contribution is -0.153. The highest BCUT2D eigenvalue weighted by Gasteiger charge is 2.19. The predicted molar refractivity (Wildman–Crippen MR) is 97.8 cm³/mol. The number of ether oxygens (including phenoxy) is 1. The second-order valence-electron chi connectivity index (χ2n) is 5.55. The summed E-state index contributed by atoms with van der Waals surface area (Å²) in [5, 5.41) is 3.20. The molecule has 2 rings (SSSR count). The van der Waals surface area contributed by atoms with E-state index in [0.29, 0.717) is 11.6 Å². The smallest absolute Gasteiger partial charge is 0.306 e. The molecule has 2 heterocycles. The van der Waals surface area contributed by atoms with Gasteiger partial charge in [-0.3, -0.25) is 14.9 Å². The summed E-state index contributed by atoms with van der Waals surface area (Å²) in [6.07, 6.45) is 4.59. The standard InChI is InChI=1S/C17H21N5O3S/c1-10-13(11(2)21-17(20-10)26-4)6-7-14(23)25-12(3)15(24)22-16-18-8-5-9-19-16/h5,8-9,12H,6-7H2,1-4H3,(H,18,19,22,24). The molecule has 2 aromatic heterocycles. The highest BCUT2D eigenvalue weighted by molar-refractivity contribution is 7.98. The van der Waals surface area contributed by atoms with Gasteiger partial charge in [0.1, 0.15) is 0 Å². The Balaban J connectivity index is 1.87. The third kappa shape index (κ3) is 5.48. The molecule has 0 aliphatic rings. The van der Waals surface area contributed by atoms with Crippen molar-refractivity contribution in [2.45, 2.75) is 44.9 Å². The van der Waals surface area contributed by atoms with Crippen molar-refractivity contribution in [1.82, 2.24) is 19.9 Å². The molecule has 0 saturated heterocycles. The number of hydrogen-bond donors (Lipinski definition) is 1. The van der Waals surface area contributed by atoms with E-state index in [0.717, 1.165) is 17.0 Å². The molecule has 26 heavy (non-hydrogen) atoms. The second kappa shape index (κ2) is 9.23. The molecule has 0 aliphatic heterocycles. The zero-order valence-electron chi connectivity index (χ0n) is 15.1. The predicted octanol–water partition coefficient (Wildman–Crippen LogP) is 2.11. The maximum Gasteiger partial charge on any atom is 0.306 e. The van der Waals surface area contributed by atoms with Crippen molar-refractivity contribution in [3.63, 3.8) is 0 Å². The van der Waals surface area contributed by atoms with Crippen molar-refractivity contribution in [3.05, 3.63) is 35.4 Å². The Kier molecular flexibility index (Phi) is 7.02. The van der Waals surface area contributed by atoms with Gasteiger partial charge < -0.3 is 4.74 Å². The van der Waals surface area contributed by atoms with Gasteiger partial charge in [-0.25, -0.2) is 19.9 Å². The largest absolute Gasteiger partial charge is 0.453 e. The van der Waals surface area contributed by atoms with Crippen LogP contribution in [0.5, 0.6) is 0 Å². The van der Waals surface area contributed by atoms with Crippen molar-refractivity contribution in [3.8, 4) is 0 Å². The number of esters is 1. The van der Waals surface area contributed by atoms with Crippen molar-refractivity contribution < 1.29 is 14.3 Å². The molecule has 9 heteroatoms. The molecule has 0 spiro atoms. The fraction of sp³-hybridized carbons (Fsp3) is 0.412. The lowest BCUT2D eigenvalue weighted by Gasteiger charge is -2.13. The number of anilines is 1. The third-order valence-electron chi connectivity index (χ3n) is 3.64. The number of aromatic nitrogens is 4. The van der Waals surface area contributed by atoms with E-state index in [4.69, 9.17) is 4.74 Å². The molecular weight excluding hydrogens is 354 g/mol. The Morgan fingerprint density at radius 3 is 2.38 bits per heavy atom. The molecule has 1 unspecified atom stereocenters. The summed E-state index contributed by atoms with van der Waals surface area (Å²) in [5.74, 6) is -0.781. The average molecular weight is 375 g/mol. The first-order valence-corrected chi connectivity index (χ1v) is 9.28. The van der Waals surface area contributed by atoms with Crippen LogP contribution in [0.25, 0.3) is 0 Å². The highest BCUT2D eigenvalue weighted by atomic mass is 32.2. The summed E-state index contributed by atoms with van der Waals surface area (Å²) in [6.45, 7) is 5.29. The Bertz CT molecular complexity index is 762. The third-order valence-corrected chi connectivity index (χ3v) is 4.19. The topological polar surface area (TPSA) is 107 Å². The molecule has 1 amide bonds. The molecule has 0 aliphatic carbocycles. The number of amides is 1. The zero-order valence-corrected chi connectivity index (χ0v) is 16.0. The number of aryl methyl sites for hydroxylation is 2. The molecule has 0 fully saturated rings. The zero-order chi connectivity index (χ0) is 19.1. The number of nitrogens with one attached hydrogen (secondary N) is 1. The van der Waals surface area contributed by atoms with Crippen molar-refractivity contribution in [2.75, 3.05) is 11.6 Å². The van der Waals surface area contributed by atoms with Gasteiger partial charge in [0.25, 0.3) is 5.91 Å². The number of hydrogen-bond acceptors (Lipinski definition) is 8. The molecule has 0 aromatic carbocycles. The second-order valence-corrected chi connectivity index (χ2v) is 6.33. The van der Waals surface area contributed by atoms with E-state index in [-0.39, 0.29) is 12.4 Å². The molecule has 138 valence electrons. The molecule has 8 nitrogen and oxygen atoms in total. The quantitative estimate of drug-likeness (QED) is 0.445. The summed E-state index contributed by atoms with van der Waals surface area (Å²) < 4.78 is 5.18. The van der Waals surface area contributed by atoms with E-state index < -0.39 is 18.0 Å². The van der Waals surface area contributed by atoms with Crippen molar-refractivity contribution >= 4 is 29.6 Å². The summed E-state index contributed by atoms with van der Waals surface area (Å²) in [5.41, 5.74) is 2.62. The van der Waals surface area contributed by atoms with Crippen LogP contribution in [0, 0.1) is 13.8 Å². The van der Waals surface area contributed by atoms with Gasteiger partial charge in [-0.2, -0.15) is 0 Å². The minimum atomic E-state index is -0.941. The van der Waals surface area contributed by atoms with E-state index in [9.17, 15) is 9.59 Å². The summed E-state index contributed by atoms with van der Waals surface area (Å²) in [6, 6.07) is 1.64. The normalized spacial score (nSPS) is 11.7. The Morgan fingerprint density at radius 2 is 1.81 bits per heavy atom. The molecule has 0 radical (unpaired) electrons. The Hall–Kier alpha value is -2.55. The number of carbonyl (C=O) groups excluding carboxylic acids is 2. The number of nitrogens with zero attached hydrogens (tertiary/aromatic N) is 4. The van der Waals surface area contributed by atoms with E-state index in [1.807, 2.05) is 20.1 Å². The molecule has 2 aromatic rings. The SMILES string of the molecule is CSc1nc(C)c(CCC(=O)OC(C)C(=O)Nc2ncccn2)c(C)n1. The Labute approximate surface area is 156 Å². The first-order valence-electron chi connectivity index (χ1n) is 8.06. The van der Waals surface area contributed by atoms with Gasteiger partial charge in [-0.15, -0.1) is 0 Å². The number of carbonyl (C=O) groups is 2. The van der Waals surface area contributed by atoms with Crippen molar-refractivity contribution in [2.24, 2.45) is 0 Å². The maximum atomic E-state index is 12.1.